The van der Waals surface area contributed by atoms with E-state index in [1.807, 2.05) is 24.3 Å². The van der Waals surface area contributed by atoms with Gasteiger partial charge in [0.2, 0.25) is 5.16 Å². The van der Waals surface area contributed by atoms with Gasteiger partial charge in [0.15, 0.2) is 0 Å². The average Bonchev–Trinajstić information content (AvgIpc) is 2.29. The lowest BCUT2D eigenvalue weighted by molar-refractivity contribution is 0.878. The van der Waals surface area contributed by atoms with E-state index in [0.29, 0.717) is 5.88 Å². The number of hydrogen-bond donors (Lipinski definition) is 0. The number of hydrogen-bond acceptors (Lipinski definition) is 4. The van der Waals surface area contributed by atoms with Gasteiger partial charge in [-0.15, -0.1) is 21.8 Å². The lowest BCUT2D eigenvalue weighted by Gasteiger charge is -1.99. The molecule has 0 amide bonds. The molecular weight excluding hydrogens is 230 g/mol. The van der Waals surface area contributed by atoms with E-state index in [1.165, 1.54) is 0 Å². The molecular formula is C10H10ClN3S. The second-order valence-electron chi connectivity index (χ2n) is 2.97. The summed E-state index contributed by atoms with van der Waals surface area (Å²) in [5.74, 6) is 1.61. The van der Waals surface area contributed by atoms with Crippen LogP contribution in [0.5, 0.6) is 0 Å². The zero-order valence-electron chi connectivity index (χ0n) is 8.06. The molecule has 0 aliphatic carbocycles. The summed E-state index contributed by atoms with van der Waals surface area (Å²) in [4.78, 5) is 4.39. The van der Waals surface area contributed by atoms with Crippen LogP contribution < -0.4 is 0 Å². The van der Waals surface area contributed by atoms with Crippen molar-refractivity contribution in [2.75, 3.05) is 11.6 Å². The molecule has 78 valence electrons. The summed E-state index contributed by atoms with van der Waals surface area (Å²) in [7, 11) is 0. The summed E-state index contributed by atoms with van der Waals surface area (Å²) in [5, 5.41) is 8.85. The van der Waals surface area contributed by atoms with Crippen LogP contribution in [0.4, 0.5) is 0 Å². The molecule has 0 saturated carbocycles. The van der Waals surface area contributed by atoms with E-state index in [-0.39, 0.29) is 0 Å². The third kappa shape index (κ3) is 2.79. The van der Waals surface area contributed by atoms with Gasteiger partial charge in [0, 0.05) is 11.6 Å². The first-order chi connectivity index (χ1) is 7.40. The van der Waals surface area contributed by atoms with Crippen molar-refractivity contribution in [3.8, 4) is 0 Å². The van der Waals surface area contributed by atoms with E-state index in [4.69, 9.17) is 11.6 Å². The zero-order valence-corrected chi connectivity index (χ0v) is 9.63. The summed E-state index contributed by atoms with van der Waals surface area (Å²) >= 11 is 7.18. The molecule has 15 heavy (non-hydrogen) atoms. The molecule has 0 aliphatic rings. The van der Waals surface area contributed by atoms with Crippen LogP contribution >= 0.6 is 23.4 Å². The second kappa shape index (κ2) is 5.28. The van der Waals surface area contributed by atoms with Gasteiger partial charge in [-0.05, 0) is 18.6 Å². The van der Waals surface area contributed by atoms with Gasteiger partial charge in [0.25, 0.3) is 0 Å². The molecule has 0 fully saturated rings. The van der Waals surface area contributed by atoms with Crippen LogP contribution in [0.15, 0.2) is 29.4 Å². The van der Waals surface area contributed by atoms with Gasteiger partial charge >= 0.3 is 0 Å². The molecule has 5 heteroatoms. The minimum atomic E-state index is 0.675. The van der Waals surface area contributed by atoms with Crippen LogP contribution in [0, 0.1) is 0 Å². The van der Waals surface area contributed by atoms with E-state index in [9.17, 15) is 0 Å². The topological polar surface area (TPSA) is 38.7 Å². The highest BCUT2D eigenvalue weighted by molar-refractivity contribution is 7.99. The van der Waals surface area contributed by atoms with Gasteiger partial charge in [-0.3, -0.25) is 0 Å². The molecule has 0 atom stereocenters. The number of benzene rings is 1. The highest BCUT2D eigenvalue weighted by Crippen LogP contribution is 2.15. The molecule has 0 saturated heterocycles. The summed E-state index contributed by atoms with van der Waals surface area (Å²) in [6.45, 7) is 0. The summed E-state index contributed by atoms with van der Waals surface area (Å²) < 4.78 is 0. The van der Waals surface area contributed by atoms with Crippen LogP contribution in [-0.2, 0) is 0 Å². The summed E-state index contributed by atoms with van der Waals surface area (Å²) in [6.07, 6.45) is 0.961. The maximum Gasteiger partial charge on any atom is 0.209 e. The molecule has 3 nitrogen and oxygen atoms in total. The van der Waals surface area contributed by atoms with E-state index in [2.05, 4.69) is 15.2 Å². The standard InChI is InChI=1S/C10H10ClN3S/c11-6-3-7-15-10-12-8-4-1-2-5-9(8)13-14-10/h1-2,4-5H,3,6-7H2. The molecule has 1 heterocycles. The first kappa shape index (κ1) is 10.6. The van der Waals surface area contributed by atoms with Crippen LogP contribution in [0.1, 0.15) is 6.42 Å². The van der Waals surface area contributed by atoms with Crippen molar-refractivity contribution < 1.29 is 0 Å². The maximum atomic E-state index is 5.59. The van der Waals surface area contributed by atoms with Crippen molar-refractivity contribution in [1.29, 1.82) is 0 Å². The number of aromatic nitrogens is 3. The van der Waals surface area contributed by atoms with Crippen molar-refractivity contribution in [3.63, 3.8) is 0 Å². The van der Waals surface area contributed by atoms with E-state index < -0.39 is 0 Å². The van der Waals surface area contributed by atoms with Crippen molar-refractivity contribution in [2.24, 2.45) is 0 Å². The molecule has 0 aliphatic heterocycles. The predicted octanol–water partition coefficient (Wildman–Crippen LogP) is 2.75. The van der Waals surface area contributed by atoms with Gasteiger partial charge < -0.3 is 0 Å². The molecule has 1 aromatic carbocycles. The van der Waals surface area contributed by atoms with Crippen LogP contribution in [0.2, 0.25) is 0 Å². The number of nitrogens with zero attached hydrogens (tertiary/aromatic N) is 3. The quantitative estimate of drug-likeness (QED) is 0.467. The first-order valence-corrected chi connectivity index (χ1v) is 6.20. The van der Waals surface area contributed by atoms with Crippen LogP contribution in [0.25, 0.3) is 11.0 Å². The van der Waals surface area contributed by atoms with Crippen molar-refractivity contribution in [3.05, 3.63) is 24.3 Å². The van der Waals surface area contributed by atoms with E-state index in [1.54, 1.807) is 11.8 Å². The predicted molar refractivity (Wildman–Crippen MR) is 63.4 cm³/mol. The van der Waals surface area contributed by atoms with Crippen LogP contribution in [-0.4, -0.2) is 26.8 Å². The fourth-order valence-electron chi connectivity index (χ4n) is 1.14. The summed E-state index contributed by atoms with van der Waals surface area (Å²) in [5.41, 5.74) is 1.72. The molecule has 0 spiro atoms. The Hall–Kier alpha value is -0.870. The molecule has 0 bridgehead atoms. The lowest BCUT2D eigenvalue weighted by Crippen LogP contribution is -1.93. The Bertz CT molecular complexity index is 449. The minimum absolute atomic E-state index is 0.675. The molecule has 2 rings (SSSR count). The smallest absolute Gasteiger partial charge is 0.209 e. The maximum absolute atomic E-state index is 5.59. The zero-order chi connectivity index (χ0) is 10.5. The number of thioether (sulfide) groups is 1. The third-order valence-corrected chi connectivity index (χ3v) is 3.04. The number of rotatable bonds is 4. The van der Waals surface area contributed by atoms with Gasteiger partial charge in [0.05, 0.1) is 5.52 Å². The Balaban J connectivity index is 2.16. The Morgan fingerprint density at radius 1 is 1.13 bits per heavy atom. The SMILES string of the molecule is ClCCCSc1nnc2ccccc2n1. The van der Waals surface area contributed by atoms with Gasteiger partial charge in [-0.2, -0.15) is 0 Å². The van der Waals surface area contributed by atoms with Crippen LogP contribution in [0.3, 0.4) is 0 Å². The fourth-order valence-corrected chi connectivity index (χ4v) is 2.17. The second-order valence-corrected chi connectivity index (χ2v) is 4.41. The summed E-state index contributed by atoms with van der Waals surface area (Å²) in [6, 6.07) is 7.72. The largest absolute Gasteiger partial charge is 0.219 e. The lowest BCUT2D eigenvalue weighted by atomic mass is 10.3. The monoisotopic (exact) mass is 239 g/mol. The Morgan fingerprint density at radius 3 is 2.73 bits per heavy atom. The van der Waals surface area contributed by atoms with E-state index in [0.717, 1.165) is 28.4 Å². The molecule has 0 N–H and O–H groups in total. The van der Waals surface area contributed by atoms with Crippen molar-refractivity contribution in [1.82, 2.24) is 15.2 Å². The fraction of sp³-hybridized carbons (Fsp3) is 0.300. The average molecular weight is 240 g/mol. The molecule has 0 unspecified atom stereocenters. The minimum Gasteiger partial charge on any atom is -0.219 e. The Labute approximate surface area is 97.3 Å². The number of fused-ring (bicyclic) bond motifs is 1. The third-order valence-electron chi connectivity index (χ3n) is 1.85. The normalized spacial score (nSPS) is 10.7. The molecule has 1 aromatic heterocycles. The number of halogens is 1. The molecule has 0 radical (unpaired) electrons. The van der Waals surface area contributed by atoms with Crippen molar-refractivity contribution >= 4 is 34.4 Å². The Kier molecular flexibility index (Phi) is 3.75. The highest BCUT2D eigenvalue weighted by atomic mass is 35.5. The Morgan fingerprint density at radius 2 is 1.93 bits per heavy atom. The van der Waals surface area contributed by atoms with Gasteiger partial charge in [-0.1, -0.05) is 23.9 Å². The molecule has 2 aromatic rings. The van der Waals surface area contributed by atoms with Gasteiger partial charge in [0.1, 0.15) is 5.52 Å². The number of para-hydroxylation sites is 1. The number of alkyl halides is 1. The first-order valence-electron chi connectivity index (χ1n) is 4.68. The highest BCUT2D eigenvalue weighted by Gasteiger charge is 2.00. The van der Waals surface area contributed by atoms with Crippen molar-refractivity contribution in [2.45, 2.75) is 11.6 Å². The van der Waals surface area contributed by atoms with Gasteiger partial charge in [-0.25, -0.2) is 4.98 Å². The van der Waals surface area contributed by atoms with E-state index >= 15 is 0 Å².